The second-order valence-electron chi connectivity index (χ2n) is 13.2. The Morgan fingerprint density at radius 2 is 0.508 bits per heavy atom. The first-order chi connectivity index (χ1) is 30.2. The Morgan fingerprint density at radius 1 is 0.302 bits per heavy atom. The number of anilines is 9. The van der Waals surface area contributed by atoms with E-state index in [0.717, 1.165) is 0 Å². The van der Waals surface area contributed by atoms with Crippen molar-refractivity contribution in [1.82, 2.24) is 34.9 Å². The quantitative estimate of drug-likeness (QED) is 0.0863. The van der Waals surface area contributed by atoms with Crippen LogP contribution in [0.4, 0.5) is 52.2 Å². The third kappa shape index (κ3) is 8.84. The molecule has 6 amide bonds. The van der Waals surface area contributed by atoms with Crippen molar-refractivity contribution in [2.45, 2.75) is 0 Å². The number of nitrogens with zero attached hydrogens (tertiary/aromatic N) is 10. The first-order valence-corrected chi connectivity index (χ1v) is 18.2. The van der Waals surface area contributed by atoms with Gasteiger partial charge in [0.25, 0.3) is 0 Å². The van der Waals surface area contributed by atoms with Gasteiger partial charge in [0.05, 0.1) is 39.1 Å². The molecule has 0 radical (unpaired) electrons. The molecule has 22 nitrogen and oxygen atoms in total. The fraction of sp³-hybridized carbons (Fsp3) is 0. The van der Waals surface area contributed by atoms with E-state index < -0.39 is 35.4 Å². The number of nitrogens with two attached hydrogens (primary N) is 6. The summed E-state index contributed by atoms with van der Waals surface area (Å²) in [6.07, 6.45) is 7.49. The van der Waals surface area contributed by atoms with Crippen LogP contribution >= 0.6 is 0 Å². The summed E-state index contributed by atoms with van der Waals surface area (Å²) in [5.74, 6) is -3.38. The molecular weight excluding hydrogens is 813 g/mol. The molecule has 0 saturated heterocycles. The molecule has 0 aromatic carbocycles. The number of hydrogen-bond acceptors (Lipinski definition) is 16. The number of aromatic nitrogens is 7. The third-order valence-corrected chi connectivity index (χ3v) is 9.07. The van der Waals surface area contributed by atoms with Crippen LogP contribution in [0.2, 0.25) is 0 Å². The Balaban J connectivity index is 1.56. The van der Waals surface area contributed by atoms with Gasteiger partial charge in [-0.15, -0.1) is 0 Å². The molecule has 7 aromatic rings. The first-order valence-electron chi connectivity index (χ1n) is 18.2. The number of rotatable bonds is 15. The summed E-state index contributed by atoms with van der Waals surface area (Å²) in [6.45, 7) is 0. The average molecular weight is 845 g/mol. The molecule has 12 N–H and O–H groups in total. The second-order valence-corrected chi connectivity index (χ2v) is 13.2. The maximum Gasteiger partial charge on any atom is 0.250 e. The standard InChI is InChI=1S/C41H32N16O6/c42-36(58)21-1-7-28(48-15-21)55(29-8-2-22(16-49-29)37(43)59)27-13-34(56(30-9-3-23(17-50-30)38(44)60)31-10-4-24(18-51-31)39(45)61)54-35(14-27)57(32-11-5-25(19-52-32)40(46)62)33-12-6-26(20-53-33)41(47)63/h1-20H,(H2,42,58)(H2,43,59)(H2,44,60)(H2,45,61)(H2,46,62)(H2,47,63). The van der Waals surface area contributed by atoms with Crippen LogP contribution in [0.25, 0.3) is 0 Å². The lowest BCUT2D eigenvalue weighted by atomic mass is 10.2. The molecule has 0 unspecified atom stereocenters. The SMILES string of the molecule is NC(=O)c1ccc(N(c2cc(N(c3ccc(C(N)=O)cn3)c3ccc(C(N)=O)cn3)nc(N(c3ccc(C(N)=O)cn3)c3ccc(C(N)=O)cn3)c2)c2ccc(C(N)=O)cn2)nc1. The van der Waals surface area contributed by atoms with Crippen LogP contribution in [0.1, 0.15) is 62.1 Å². The Labute approximate surface area is 355 Å². The van der Waals surface area contributed by atoms with Crippen LogP contribution in [0.15, 0.2) is 122 Å². The van der Waals surface area contributed by atoms with E-state index in [4.69, 9.17) is 39.4 Å². The number of carbonyl (C=O) groups excluding carboxylic acids is 6. The molecule has 22 heteroatoms. The van der Waals surface area contributed by atoms with Crippen LogP contribution < -0.4 is 49.1 Å². The zero-order chi connectivity index (χ0) is 44.9. The Bertz CT molecular complexity index is 2400. The van der Waals surface area contributed by atoms with E-state index >= 15 is 0 Å². The zero-order valence-electron chi connectivity index (χ0n) is 32.4. The van der Waals surface area contributed by atoms with Crippen molar-refractivity contribution >= 4 is 87.7 Å². The molecule has 63 heavy (non-hydrogen) atoms. The van der Waals surface area contributed by atoms with E-state index in [1.165, 1.54) is 120 Å². The highest BCUT2D eigenvalue weighted by molar-refractivity contribution is 5.96. The van der Waals surface area contributed by atoms with E-state index in [1.807, 2.05) is 0 Å². The summed E-state index contributed by atoms with van der Waals surface area (Å²) in [4.78, 5) is 109. The van der Waals surface area contributed by atoms with Crippen molar-refractivity contribution in [2.75, 3.05) is 14.7 Å². The van der Waals surface area contributed by atoms with Gasteiger partial charge < -0.3 is 34.4 Å². The average Bonchev–Trinajstić information content (AvgIpc) is 3.28. The minimum Gasteiger partial charge on any atom is -0.366 e. The highest BCUT2D eigenvalue weighted by Crippen LogP contribution is 2.42. The molecule has 0 aliphatic rings. The molecular formula is C41H32N16O6. The number of pyridine rings is 7. The first kappa shape index (κ1) is 41.4. The predicted octanol–water partition coefficient (Wildman–Crippen LogP) is 2.45. The fourth-order valence-electron chi connectivity index (χ4n) is 5.92. The van der Waals surface area contributed by atoms with E-state index in [9.17, 15) is 28.8 Å². The summed E-state index contributed by atoms with van der Waals surface area (Å²) in [5.41, 5.74) is 34.0. The summed E-state index contributed by atoms with van der Waals surface area (Å²) in [6, 6.07) is 20.7. The van der Waals surface area contributed by atoms with Gasteiger partial charge in [0.2, 0.25) is 35.4 Å². The summed E-state index contributed by atoms with van der Waals surface area (Å²) in [5, 5.41) is 0. The van der Waals surface area contributed by atoms with Crippen LogP contribution in [0.3, 0.4) is 0 Å². The number of primary amides is 6. The van der Waals surface area contributed by atoms with Crippen molar-refractivity contribution in [3.8, 4) is 0 Å². The largest absolute Gasteiger partial charge is 0.366 e. The molecule has 0 saturated carbocycles. The van der Waals surface area contributed by atoms with Gasteiger partial charge in [-0.25, -0.2) is 34.9 Å². The van der Waals surface area contributed by atoms with Gasteiger partial charge in [-0.2, -0.15) is 0 Å². The van der Waals surface area contributed by atoms with E-state index in [-0.39, 0.29) is 85.6 Å². The minimum atomic E-state index is -0.743. The van der Waals surface area contributed by atoms with E-state index in [0.29, 0.717) is 0 Å². The van der Waals surface area contributed by atoms with Crippen LogP contribution in [-0.2, 0) is 0 Å². The number of carbonyl (C=O) groups is 6. The van der Waals surface area contributed by atoms with E-state index in [2.05, 4.69) is 29.9 Å². The fourth-order valence-corrected chi connectivity index (χ4v) is 5.92. The molecule has 0 spiro atoms. The molecule has 0 bridgehead atoms. The molecule has 7 aromatic heterocycles. The van der Waals surface area contributed by atoms with Gasteiger partial charge in [-0.3, -0.25) is 43.5 Å². The van der Waals surface area contributed by atoms with Gasteiger partial charge >= 0.3 is 0 Å². The molecule has 0 atom stereocenters. The number of hydrogen-bond donors (Lipinski definition) is 6. The van der Waals surface area contributed by atoms with Crippen molar-refractivity contribution in [3.63, 3.8) is 0 Å². The third-order valence-electron chi connectivity index (χ3n) is 9.07. The zero-order valence-corrected chi connectivity index (χ0v) is 32.4. The molecule has 7 heterocycles. The van der Waals surface area contributed by atoms with Crippen molar-refractivity contribution < 1.29 is 28.8 Å². The lowest BCUT2D eigenvalue weighted by Crippen LogP contribution is -2.22. The Morgan fingerprint density at radius 3 is 0.683 bits per heavy atom. The Hall–Kier alpha value is -9.73. The van der Waals surface area contributed by atoms with E-state index in [1.54, 1.807) is 17.0 Å². The Kier molecular flexibility index (Phi) is 11.3. The molecule has 7 rings (SSSR count). The van der Waals surface area contributed by atoms with Gasteiger partial charge in [0, 0.05) is 49.3 Å². The summed E-state index contributed by atoms with van der Waals surface area (Å²) >= 11 is 0. The predicted molar refractivity (Wildman–Crippen MR) is 226 cm³/mol. The van der Waals surface area contributed by atoms with Crippen LogP contribution in [0.5, 0.6) is 0 Å². The highest BCUT2D eigenvalue weighted by atomic mass is 16.2. The monoisotopic (exact) mass is 844 g/mol. The van der Waals surface area contributed by atoms with Crippen LogP contribution in [-0.4, -0.2) is 70.3 Å². The highest BCUT2D eigenvalue weighted by Gasteiger charge is 2.27. The maximum atomic E-state index is 12.1. The van der Waals surface area contributed by atoms with Gasteiger partial charge in [0.1, 0.15) is 46.5 Å². The van der Waals surface area contributed by atoms with Crippen molar-refractivity contribution in [2.24, 2.45) is 34.4 Å². The summed E-state index contributed by atoms with van der Waals surface area (Å²) in [7, 11) is 0. The minimum absolute atomic E-state index is 0.0566. The molecule has 312 valence electrons. The lowest BCUT2D eigenvalue weighted by molar-refractivity contribution is 0.0991. The van der Waals surface area contributed by atoms with Gasteiger partial charge in [-0.1, -0.05) is 0 Å². The molecule has 0 fully saturated rings. The van der Waals surface area contributed by atoms with Gasteiger partial charge in [-0.05, 0) is 72.8 Å². The summed E-state index contributed by atoms with van der Waals surface area (Å²) < 4.78 is 0. The van der Waals surface area contributed by atoms with Gasteiger partial charge in [0.15, 0.2) is 0 Å². The molecule has 0 aliphatic heterocycles. The second kappa shape index (κ2) is 17.2. The lowest BCUT2D eigenvalue weighted by Gasteiger charge is -2.29. The topological polar surface area (TPSA) is 358 Å². The maximum absolute atomic E-state index is 12.1. The number of amides is 6. The van der Waals surface area contributed by atoms with Crippen molar-refractivity contribution in [3.05, 3.63) is 155 Å². The van der Waals surface area contributed by atoms with Crippen molar-refractivity contribution in [1.29, 1.82) is 0 Å². The smallest absolute Gasteiger partial charge is 0.250 e. The molecule has 0 aliphatic carbocycles. The van der Waals surface area contributed by atoms with Crippen LogP contribution in [0, 0.1) is 0 Å². The normalized spacial score (nSPS) is 10.7.